The normalized spacial score (nSPS) is 17.5. The number of ether oxygens (including phenoxy) is 1. The molecule has 118 valence electrons. The summed E-state index contributed by atoms with van der Waals surface area (Å²) in [6, 6.07) is 6.71. The third kappa shape index (κ3) is 3.48. The van der Waals surface area contributed by atoms with Gasteiger partial charge in [0.1, 0.15) is 5.82 Å². The van der Waals surface area contributed by atoms with E-state index in [0.29, 0.717) is 6.54 Å². The molecule has 7 heteroatoms. The van der Waals surface area contributed by atoms with Gasteiger partial charge in [0.05, 0.1) is 6.54 Å². The molecule has 1 aromatic carbocycles. The number of tetrazole rings is 1. The second-order valence-corrected chi connectivity index (χ2v) is 5.77. The van der Waals surface area contributed by atoms with Gasteiger partial charge in [-0.1, -0.05) is 12.1 Å². The van der Waals surface area contributed by atoms with Crippen LogP contribution in [0.15, 0.2) is 24.3 Å². The number of aromatic nitrogens is 4. The summed E-state index contributed by atoms with van der Waals surface area (Å²) in [7, 11) is 1.83. The molecule has 2 aromatic rings. The van der Waals surface area contributed by atoms with Crippen molar-refractivity contribution in [3.8, 4) is 0 Å². The molecule has 0 spiro atoms. The minimum Gasteiger partial charge on any atom is -0.381 e. The van der Waals surface area contributed by atoms with E-state index in [1.807, 2.05) is 19.2 Å². The van der Waals surface area contributed by atoms with Gasteiger partial charge in [0.25, 0.3) is 0 Å². The Balaban J connectivity index is 1.72. The smallest absolute Gasteiger partial charge is 0.164 e. The van der Waals surface area contributed by atoms with E-state index >= 15 is 0 Å². The Morgan fingerprint density at radius 1 is 1.27 bits per heavy atom. The van der Waals surface area contributed by atoms with Crippen LogP contribution in [0.25, 0.3) is 0 Å². The number of nitrogens with one attached hydrogen (secondary N) is 1. The van der Waals surface area contributed by atoms with Gasteiger partial charge in [-0.3, -0.25) is 0 Å². The van der Waals surface area contributed by atoms with E-state index in [4.69, 9.17) is 4.74 Å². The number of hydrogen-bond donors (Lipinski definition) is 1. The van der Waals surface area contributed by atoms with E-state index in [0.717, 1.165) is 43.9 Å². The summed E-state index contributed by atoms with van der Waals surface area (Å²) in [4.78, 5) is 0. The summed E-state index contributed by atoms with van der Waals surface area (Å²) in [5.74, 6) is 0.591. The van der Waals surface area contributed by atoms with Gasteiger partial charge < -0.3 is 10.1 Å². The van der Waals surface area contributed by atoms with E-state index in [2.05, 4.69) is 20.8 Å². The average molecular weight is 305 g/mol. The monoisotopic (exact) mass is 305 g/mol. The van der Waals surface area contributed by atoms with E-state index in [-0.39, 0.29) is 11.4 Å². The predicted octanol–water partition coefficient (Wildman–Crippen LogP) is 1.23. The van der Waals surface area contributed by atoms with Gasteiger partial charge in [0.2, 0.25) is 0 Å². The van der Waals surface area contributed by atoms with E-state index in [9.17, 15) is 4.39 Å². The maximum Gasteiger partial charge on any atom is 0.164 e. The zero-order chi connectivity index (χ0) is 15.4. The molecule has 0 amide bonds. The Kier molecular flexibility index (Phi) is 4.44. The SMILES string of the molecule is Cn1nnnc1CNC1(Cc2ccc(F)cc2)CCOCC1. The minimum atomic E-state index is -0.206. The highest BCUT2D eigenvalue weighted by molar-refractivity contribution is 5.19. The van der Waals surface area contributed by atoms with Crippen molar-refractivity contribution in [2.24, 2.45) is 7.05 Å². The molecule has 1 N–H and O–H groups in total. The van der Waals surface area contributed by atoms with Crippen LogP contribution in [-0.2, 0) is 24.8 Å². The van der Waals surface area contributed by atoms with Crippen LogP contribution >= 0.6 is 0 Å². The molecule has 0 saturated carbocycles. The lowest BCUT2D eigenvalue weighted by Crippen LogP contribution is -2.51. The van der Waals surface area contributed by atoms with Gasteiger partial charge in [0.15, 0.2) is 5.82 Å². The Labute approximate surface area is 128 Å². The Morgan fingerprint density at radius 3 is 2.64 bits per heavy atom. The molecule has 0 atom stereocenters. The van der Waals surface area contributed by atoms with Crippen LogP contribution in [0.5, 0.6) is 0 Å². The van der Waals surface area contributed by atoms with E-state index in [1.165, 1.54) is 12.1 Å². The first-order valence-electron chi connectivity index (χ1n) is 7.45. The Bertz CT molecular complexity index is 607. The van der Waals surface area contributed by atoms with Gasteiger partial charge >= 0.3 is 0 Å². The summed E-state index contributed by atoms with van der Waals surface area (Å²) >= 11 is 0. The molecule has 2 heterocycles. The number of rotatable bonds is 5. The van der Waals surface area contributed by atoms with Gasteiger partial charge in [-0.05, 0) is 47.4 Å². The highest BCUT2D eigenvalue weighted by atomic mass is 19.1. The number of nitrogens with zero attached hydrogens (tertiary/aromatic N) is 4. The highest BCUT2D eigenvalue weighted by Gasteiger charge is 2.32. The minimum absolute atomic E-state index is 0.0674. The number of halogens is 1. The van der Waals surface area contributed by atoms with Crippen molar-refractivity contribution in [1.29, 1.82) is 0 Å². The molecule has 0 unspecified atom stereocenters. The van der Waals surface area contributed by atoms with Crippen molar-refractivity contribution in [1.82, 2.24) is 25.5 Å². The van der Waals surface area contributed by atoms with Gasteiger partial charge in [-0.25, -0.2) is 9.07 Å². The quantitative estimate of drug-likeness (QED) is 0.900. The molecular formula is C15H20FN5O. The summed E-state index contributed by atoms with van der Waals surface area (Å²) < 4.78 is 20.2. The molecule has 0 bridgehead atoms. The second kappa shape index (κ2) is 6.50. The Morgan fingerprint density at radius 2 is 2.00 bits per heavy atom. The fourth-order valence-corrected chi connectivity index (χ4v) is 2.84. The first-order valence-corrected chi connectivity index (χ1v) is 7.45. The standard InChI is InChI=1S/C15H20FN5O/c1-21-14(18-19-20-21)11-17-15(6-8-22-9-7-15)10-12-2-4-13(16)5-3-12/h2-5,17H,6-11H2,1H3. The molecule has 1 aliphatic heterocycles. The molecule has 1 aliphatic rings. The third-order valence-electron chi connectivity index (χ3n) is 4.24. The molecule has 0 radical (unpaired) electrons. The first kappa shape index (κ1) is 15.1. The Hall–Kier alpha value is -1.86. The molecule has 1 aromatic heterocycles. The predicted molar refractivity (Wildman–Crippen MR) is 78.5 cm³/mol. The first-order chi connectivity index (χ1) is 10.7. The molecule has 22 heavy (non-hydrogen) atoms. The topological polar surface area (TPSA) is 64.9 Å². The van der Waals surface area contributed by atoms with E-state index in [1.54, 1.807) is 4.68 Å². The maximum absolute atomic E-state index is 13.1. The summed E-state index contributed by atoms with van der Waals surface area (Å²) in [6.07, 6.45) is 2.66. The third-order valence-corrected chi connectivity index (χ3v) is 4.24. The highest BCUT2D eigenvalue weighted by Crippen LogP contribution is 2.26. The summed E-state index contributed by atoms with van der Waals surface area (Å²) in [6.45, 7) is 2.06. The van der Waals surface area contributed by atoms with Crippen molar-refractivity contribution in [3.63, 3.8) is 0 Å². The van der Waals surface area contributed by atoms with Crippen LogP contribution in [0.4, 0.5) is 4.39 Å². The molecule has 6 nitrogen and oxygen atoms in total. The van der Waals surface area contributed by atoms with Crippen LogP contribution in [0.1, 0.15) is 24.2 Å². The zero-order valence-electron chi connectivity index (χ0n) is 12.6. The lowest BCUT2D eigenvalue weighted by molar-refractivity contribution is 0.0369. The van der Waals surface area contributed by atoms with Crippen LogP contribution in [-0.4, -0.2) is 39.0 Å². The fraction of sp³-hybridized carbons (Fsp3) is 0.533. The van der Waals surface area contributed by atoms with Crippen LogP contribution in [0.2, 0.25) is 0 Å². The maximum atomic E-state index is 13.1. The van der Waals surface area contributed by atoms with Crippen LogP contribution in [0, 0.1) is 5.82 Å². The fourth-order valence-electron chi connectivity index (χ4n) is 2.84. The van der Waals surface area contributed by atoms with Gasteiger partial charge in [-0.2, -0.15) is 0 Å². The van der Waals surface area contributed by atoms with Gasteiger partial charge in [-0.15, -0.1) is 5.10 Å². The molecule has 3 rings (SSSR count). The molecular weight excluding hydrogens is 285 g/mol. The van der Waals surface area contributed by atoms with Crippen molar-refractivity contribution < 1.29 is 9.13 Å². The van der Waals surface area contributed by atoms with Crippen LogP contribution in [0.3, 0.4) is 0 Å². The van der Waals surface area contributed by atoms with Crippen LogP contribution < -0.4 is 5.32 Å². The van der Waals surface area contributed by atoms with Crippen molar-refractivity contribution in [2.75, 3.05) is 13.2 Å². The molecule has 1 fully saturated rings. The molecule has 0 aliphatic carbocycles. The van der Waals surface area contributed by atoms with Crippen molar-refractivity contribution in [2.45, 2.75) is 31.3 Å². The lowest BCUT2D eigenvalue weighted by Gasteiger charge is -2.38. The zero-order valence-corrected chi connectivity index (χ0v) is 12.6. The summed E-state index contributed by atoms with van der Waals surface area (Å²) in [5.41, 5.74) is 1.05. The second-order valence-electron chi connectivity index (χ2n) is 5.77. The lowest BCUT2D eigenvalue weighted by atomic mass is 9.83. The molecule has 1 saturated heterocycles. The van der Waals surface area contributed by atoms with Crippen molar-refractivity contribution >= 4 is 0 Å². The van der Waals surface area contributed by atoms with Crippen molar-refractivity contribution in [3.05, 3.63) is 41.5 Å². The number of hydrogen-bond acceptors (Lipinski definition) is 5. The largest absolute Gasteiger partial charge is 0.381 e. The average Bonchev–Trinajstić information content (AvgIpc) is 2.94. The number of aryl methyl sites for hydroxylation is 1. The number of benzene rings is 1. The van der Waals surface area contributed by atoms with E-state index < -0.39 is 0 Å². The summed E-state index contributed by atoms with van der Waals surface area (Å²) in [5, 5.41) is 15.1. The van der Waals surface area contributed by atoms with Gasteiger partial charge in [0, 0.05) is 25.8 Å².